The molecule has 0 radical (unpaired) electrons. The fourth-order valence-electron chi connectivity index (χ4n) is 4.94. The second-order valence-corrected chi connectivity index (χ2v) is 7.86. The van der Waals surface area contributed by atoms with Gasteiger partial charge in [-0.3, -0.25) is 4.90 Å². The summed E-state index contributed by atoms with van der Waals surface area (Å²) < 4.78 is 0. The van der Waals surface area contributed by atoms with E-state index in [9.17, 15) is 0 Å². The first-order valence-corrected chi connectivity index (χ1v) is 9.47. The van der Waals surface area contributed by atoms with Crippen LogP contribution in [0.2, 0.25) is 0 Å². The molecule has 2 aromatic rings. The molecule has 2 fully saturated rings. The minimum atomic E-state index is -0.00632. The van der Waals surface area contributed by atoms with Crippen molar-refractivity contribution in [2.75, 3.05) is 29.9 Å². The van der Waals surface area contributed by atoms with Gasteiger partial charge < -0.3 is 10.2 Å². The van der Waals surface area contributed by atoms with E-state index in [0.29, 0.717) is 11.7 Å². The second-order valence-electron chi connectivity index (χ2n) is 7.86. The Balaban J connectivity index is 1.48. The first-order chi connectivity index (χ1) is 12.7. The molecule has 5 rings (SSSR count). The predicted octanol–water partition coefficient (Wildman–Crippen LogP) is 3.44. The van der Waals surface area contributed by atoms with Crippen LogP contribution in [-0.2, 0) is 0 Å². The number of fused-ring (bicyclic) bond motifs is 4. The van der Waals surface area contributed by atoms with Crippen LogP contribution in [0.1, 0.15) is 31.9 Å². The highest BCUT2D eigenvalue weighted by Crippen LogP contribution is 2.45. The van der Waals surface area contributed by atoms with Gasteiger partial charge >= 0.3 is 0 Å². The molecule has 1 aromatic heterocycles. The Morgan fingerprint density at radius 2 is 2.08 bits per heavy atom. The van der Waals surface area contributed by atoms with Gasteiger partial charge in [0.1, 0.15) is 17.4 Å². The van der Waals surface area contributed by atoms with Crippen molar-refractivity contribution in [3.63, 3.8) is 0 Å². The summed E-state index contributed by atoms with van der Waals surface area (Å²) in [6.45, 7) is 5.83. The van der Waals surface area contributed by atoms with Gasteiger partial charge in [-0.05, 0) is 56.1 Å². The lowest BCUT2D eigenvalue weighted by Gasteiger charge is -2.36. The third-order valence-corrected chi connectivity index (χ3v) is 6.24. The van der Waals surface area contributed by atoms with E-state index in [1.54, 1.807) is 12.3 Å². The molecule has 5 nitrogen and oxygen atoms in total. The Labute approximate surface area is 154 Å². The van der Waals surface area contributed by atoms with Gasteiger partial charge in [-0.15, -0.1) is 0 Å². The van der Waals surface area contributed by atoms with E-state index in [4.69, 9.17) is 5.26 Å². The number of anilines is 2. The molecule has 2 saturated heterocycles. The highest BCUT2D eigenvalue weighted by atomic mass is 15.4. The molecule has 1 unspecified atom stereocenters. The van der Waals surface area contributed by atoms with Crippen LogP contribution in [0.3, 0.4) is 0 Å². The van der Waals surface area contributed by atoms with Crippen LogP contribution in [0.5, 0.6) is 0 Å². The molecule has 2 atom stereocenters. The third kappa shape index (κ3) is 2.37. The van der Waals surface area contributed by atoms with Crippen molar-refractivity contribution < 1.29 is 0 Å². The number of aromatic nitrogens is 1. The molecular weight excluding hydrogens is 322 g/mol. The highest BCUT2D eigenvalue weighted by molar-refractivity contribution is 5.83. The molecule has 0 spiro atoms. The van der Waals surface area contributed by atoms with E-state index in [-0.39, 0.29) is 5.66 Å². The van der Waals surface area contributed by atoms with Gasteiger partial charge in [0.2, 0.25) is 0 Å². The van der Waals surface area contributed by atoms with Gasteiger partial charge in [-0.2, -0.15) is 5.26 Å². The fraction of sp³-hybridized carbons (Fsp3) is 0.429. The molecular formula is C21H23N5. The molecule has 132 valence electrons. The van der Waals surface area contributed by atoms with E-state index in [1.165, 1.54) is 30.8 Å². The molecule has 5 heteroatoms. The summed E-state index contributed by atoms with van der Waals surface area (Å²) in [5.41, 5.74) is 5.14. The molecule has 0 saturated carbocycles. The Hall–Kier alpha value is -2.58. The smallest absolute Gasteiger partial charge is 0.140 e. The van der Waals surface area contributed by atoms with Crippen LogP contribution >= 0.6 is 0 Å². The Bertz CT molecular complexity index is 884. The molecule has 0 aliphatic carbocycles. The van der Waals surface area contributed by atoms with Crippen LogP contribution in [0.4, 0.5) is 11.4 Å². The molecule has 0 bridgehead atoms. The Morgan fingerprint density at radius 3 is 2.88 bits per heavy atom. The number of nitrogens with one attached hydrogen (secondary N) is 1. The Kier molecular flexibility index (Phi) is 3.44. The molecule has 26 heavy (non-hydrogen) atoms. The van der Waals surface area contributed by atoms with Gasteiger partial charge in [-0.25, -0.2) is 4.98 Å². The van der Waals surface area contributed by atoms with Crippen molar-refractivity contribution >= 4 is 11.4 Å². The molecule has 3 aliphatic rings. The predicted molar refractivity (Wildman–Crippen MR) is 103 cm³/mol. The second kappa shape index (κ2) is 5.72. The number of pyridine rings is 1. The zero-order chi connectivity index (χ0) is 17.7. The number of hydrogen-bond donors (Lipinski definition) is 1. The van der Waals surface area contributed by atoms with Gasteiger partial charge in [0, 0.05) is 37.3 Å². The average molecular weight is 345 g/mol. The van der Waals surface area contributed by atoms with Gasteiger partial charge in [0.15, 0.2) is 0 Å². The number of rotatable bonds is 1. The van der Waals surface area contributed by atoms with E-state index in [1.807, 2.05) is 6.07 Å². The standard InChI is InChI=1S/C21H23N5/c1-21-12-18-3-2-8-25(18)9-10-26(21)20-7-5-15(11-19(20)24-21)16-4-6-17(13-22)23-14-16/h4-7,11,14,18,24H,2-3,8-10,12H2,1H3/t18-,21?/m0/s1. The highest BCUT2D eigenvalue weighted by Gasteiger charge is 2.45. The summed E-state index contributed by atoms with van der Waals surface area (Å²) in [5.74, 6) is 0. The lowest BCUT2D eigenvalue weighted by Crippen LogP contribution is -2.49. The van der Waals surface area contributed by atoms with Crippen molar-refractivity contribution in [1.82, 2.24) is 9.88 Å². The van der Waals surface area contributed by atoms with Gasteiger partial charge in [-0.1, -0.05) is 6.07 Å². The van der Waals surface area contributed by atoms with E-state index < -0.39 is 0 Å². The summed E-state index contributed by atoms with van der Waals surface area (Å²) in [7, 11) is 0. The largest absolute Gasteiger partial charge is 0.361 e. The maximum atomic E-state index is 8.93. The minimum absolute atomic E-state index is 0.00632. The van der Waals surface area contributed by atoms with Crippen LogP contribution in [0.25, 0.3) is 11.1 Å². The van der Waals surface area contributed by atoms with Crippen LogP contribution in [0.15, 0.2) is 36.5 Å². The van der Waals surface area contributed by atoms with Crippen LogP contribution < -0.4 is 10.2 Å². The number of nitrogens with zero attached hydrogens (tertiary/aromatic N) is 4. The fourth-order valence-corrected chi connectivity index (χ4v) is 4.94. The summed E-state index contributed by atoms with van der Waals surface area (Å²) in [6, 6.07) is 13.2. The molecule has 3 aliphatic heterocycles. The molecule has 1 aromatic carbocycles. The monoisotopic (exact) mass is 345 g/mol. The first kappa shape index (κ1) is 15.7. The average Bonchev–Trinajstić information content (AvgIpc) is 3.17. The quantitative estimate of drug-likeness (QED) is 0.858. The molecule has 0 amide bonds. The zero-order valence-electron chi connectivity index (χ0n) is 15.1. The summed E-state index contributed by atoms with van der Waals surface area (Å²) in [4.78, 5) is 9.43. The zero-order valence-corrected chi connectivity index (χ0v) is 15.1. The van der Waals surface area contributed by atoms with Crippen molar-refractivity contribution in [3.05, 3.63) is 42.2 Å². The van der Waals surface area contributed by atoms with Crippen molar-refractivity contribution in [2.45, 2.75) is 37.9 Å². The lowest BCUT2D eigenvalue weighted by molar-refractivity contribution is 0.253. The number of benzene rings is 1. The summed E-state index contributed by atoms with van der Waals surface area (Å²) >= 11 is 0. The van der Waals surface area contributed by atoms with E-state index in [2.05, 4.69) is 51.3 Å². The first-order valence-electron chi connectivity index (χ1n) is 9.47. The third-order valence-electron chi connectivity index (χ3n) is 6.24. The Morgan fingerprint density at radius 1 is 1.19 bits per heavy atom. The lowest BCUT2D eigenvalue weighted by atomic mass is 10.0. The number of nitriles is 1. The summed E-state index contributed by atoms with van der Waals surface area (Å²) in [5, 5.41) is 12.8. The van der Waals surface area contributed by atoms with Crippen molar-refractivity contribution in [2.24, 2.45) is 0 Å². The number of hydrogen-bond acceptors (Lipinski definition) is 5. The molecule has 4 heterocycles. The maximum Gasteiger partial charge on any atom is 0.140 e. The van der Waals surface area contributed by atoms with Crippen LogP contribution in [0, 0.1) is 11.3 Å². The SMILES string of the molecule is CC12C[C@@H]3CCCN3CCN1c1ccc(-c3ccc(C#N)nc3)cc1N2. The van der Waals surface area contributed by atoms with Gasteiger partial charge in [0.05, 0.1) is 11.4 Å². The topological polar surface area (TPSA) is 55.2 Å². The summed E-state index contributed by atoms with van der Waals surface area (Å²) in [6.07, 6.45) is 5.61. The van der Waals surface area contributed by atoms with E-state index >= 15 is 0 Å². The van der Waals surface area contributed by atoms with Crippen LogP contribution in [-0.4, -0.2) is 41.2 Å². The van der Waals surface area contributed by atoms with Gasteiger partial charge in [0.25, 0.3) is 0 Å². The normalized spacial score (nSPS) is 27.1. The molecule has 1 N–H and O–H groups in total. The maximum absolute atomic E-state index is 8.93. The van der Waals surface area contributed by atoms with E-state index in [0.717, 1.165) is 30.6 Å². The minimum Gasteiger partial charge on any atom is -0.361 e. The van der Waals surface area contributed by atoms with Crippen molar-refractivity contribution in [3.8, 4) is 17.2 Å². The van der Waals surface area contributed by atoms with Crippen molar-refractivity contribution in [1.29, 1.82) is 5.26 Å².